The highest BCUT2D eigenvalue weighted by Gasteiger charge is 2.14. The minimum Gasteiger partial charge on any atom is -0.495 e. The fourth-order valence-corrected chi connectivity index (χ4v) is 2.45. The number of imidazole rings is 1. The van der Waals surface area contributed by atoms with E-state index in [0.717, 1.165) is 5.69 Å². The van der Waals surface area contributed by atoms with Gasteiger partial charge in [-0.3, -0.25) is 4.79 Å². The maximum absolute atomic E-state index is 12.6. The van der Waals surface area contributed by atoms with Crippen molar-refractivity contribution in [1.82, 2.24) is 9.38 Å². The number of nitrogens with one attached hydrogen (secondary N) is 1. The van der Waals surface area contributed by atoms with E-state index in [1.165, 1.54) is 7.11 Å². The first-order valence-corrected chi connectivity index (χ1v) is 7.05. The number of carbonyl (C=O) groups excluding carboxylic acids is 1. The molecule has 0 bridgehead atoms. The minimum atomic E-state index is -0.267. The van der Waals surface area contributed by atoms with E-state index in [0.29, 0.717) is 27.7 Å². The first kappa shape index (κ1) is 14.4. The van der Waals surface area contributed by atoms with Crippen molar-refractivity contribution in [2.45, 2.75) is 6.92 Å². The number of nitrogens with zero attached hydrogens (tertiary/aromatic N) is 2. The lowest BCUT2D eigenvalue weighted by atomic mass is 10.2. The average Bonchev–Trinajstić information content (AvgIpc) is 2.87. The summed E-state index contributed by atoms with van der Waals surface area (Å²) in [7, 11) is 1.54. The molecule has 0 aliphatic carbocycles. The second kappa shape index (κ2) is 5.69. The third kappa shape index (κ3) is 2.63. The number of amides is 1. The van der Waals surface area contributed by atoms with E-state index in [1.54, 1.807) is 30.3 Å². The SMILES string of the molecule is COc1ccc(Cl)cc1NC(=O)c1cccn2cc(C)nc12. The first-order valence-electron chi connectivity index (χ1n) is 6.67. The summed E-state index contributed by atoms with van der Waals surface area (Å²) < 4.78 is 7.05. The van der Waals surface area contributed by atoms with E-state index in [4.69, 9.17) is 16.3 Å². The topological polar surface area (TPSA) is 55.6 Å². The lowest BCUT2D eigenvalue weighted by Crippen LogP contribution is -2.14. The molecule has 0 aliphatic rings. The Morgan fingerprint density at radius 1 is 1.36 bits per heavy atom. The standard InChI is InChI=1S/C16H14ClN3O2/c1-10-9-20-7-3-4-12(15(20)18-10)16(21)19-13-8-11(17)5-6-14(13)22-2/h3-9H,1-2H3,(H,19,21). The molecule has 112 valence electrons. The van der Waals surface area contributed by atoms with Crippen molar-refractivity contribution >= 4 is 28.8 Å². The van der Waals surface area contributed by atoms with Crippen LogP contribution in [0.25, 0.3) is 5.65 Å². The molecule has 2 aromatic heterocycles. The molecule has 0 fully saturated rings. The highest BCUT2D eigenvalue weighted by Crippen LogP contribution is 2.28. The molecular formula is C16H14ClN3O2. The van der Waals surface area contributed by atoms with Crippen molar-refractivity contribution in [3.8, 4) is 5.75 Å². The number of benzene rings is 1. The van der Waals surface area contributed by atoms with E-state index in [9.17, 15) is 4.79 Å². The highest BCUT2D eigenvalue weighted by atomic mass is 35.5. The molecule has 6 heteroatoms. The zero-order chi connectivity index (χ0) is 15.7. The van der Waals surface area contributed by atoms with Crippen LogP contribution in [0.15, 0.2) is 42.7 Å². The van der Waals surface area contributed by atoms with Gasteiger partial charge in [0.1, 0.15) is 11.4 Å². The number of aromatic nitrogens is 2. The van der Waals surface area contributed by atoms with Crippen LogP contribution in [0.5, 0.6) is 5.75 Å². The van der Waals surface area contributed by atoms with Crippen LogP contribution in [-0.2, 0) is 0 Å². The van der Waals surface area contributed by atoms with Gasteiger partial charge in [0, 0.05) is 17.4 Å². The number of carbonyl (C=O) groups is 1. The average molecular weight is 316 g/mol. The van der Waals surface area contributed by atoms with Crippen LogP contribution in [0.2, 0.25) is 5.02 Å². The molecule has 3 aromatic rings. The summed E-state index contributed by atoms with van der Waals surface area (Å²) in [6.45, 7) is 1.88. The van der Waals surface area contributed by atoms with E-state index in [2.05, 4.69) is 10.3 Å². The van der Waals surface area contributed by atoms with Crippen molar-refractivity contribution < 1.29 is 9.53 Å². The van der Waals surface area contributed by atoms with Gasteiger partial charge in [-0.25, -0.2) is 4.98 Å². The number of halogens is 1. The summed E-state index contributed by atoms with van der Waals surface area (Å²) in [5.41, 5.74) is 2.46. The number of pyridine rings is 1. The molecule has 5 nitrogen and oxygen atoms in total. The Kier molecular flexibility index (Phi) is 3.73. The summed E-state index contributed by atoms with van der Waals surface area (Å²) in [6.07, 6.45) is 3.72. The summed E-state index contributed by atoms with van der Waals surface area (Å²) in [6, 6.07) is 8.59. The normalized spacial score (nSPS) is 10.7. The van der Waals surface area contributed by atoms with Crippen LogP contribution in [-0.4, -0.2) is 22.4 Å². The Morgan fingerprint density at radius 2 is 2.18 bits per heavy atom. The van der Waals surface area contributed by atoms with Crippen molar-refractivity contribution in [3.63, 3.8) is 0 Å². The van der Waals surface area contributed by atoms with Crippen molar-refractivity contribution in [1.29, 1.82) is 0 Å². The maximum atomic E-state index is 12.6. The molecule has 0 saturated carbocycles. The van der Waals surface area contributed by atoms with Gasteiger partial charge in [0.05, 0.1) is 24.1 Å². The second-order valence-corrected chi connectivity index (χ2v) is 5.27. The van der Waals surface area contributed by atoms with E-state index in [1.807, 2.05) is 23.7 Å². The number of rotatable bonds is 3. The smallest absolute Gasteiger partial charge is 0.259 e. The van der Waals surface area contributed by atoms with Gasteiger partial charge in [0.15, 0.2) is 0 Å². The lowest BCUT2D eigenvalue weighted by molar-refractivity contribution is 0.102. The predicted molar refractivity (Wildman–Crippen MR) is 85.9 cm³/mol. The lowest BCUT2D eigenvalue weighted by Gasteiger charge is -2.11. The van der Waals surface area contributed by atoms with E-state index < -0.39 is 0 Å². The van der Waals surface area contributed by atoms with Gasteiger partial charge in [-0.2, -0.15) is 0 Å². The summed E-state index contributed by atoms with van der Waals surface area (Å²) in [5.74, 6) is 0.279. The Hall–Kier alpha value is -2.53. The van der Waals surface area contributed by atoms with Crippen LogP contribution < -0.4 is 10.1 Å². The molecule has 0 atom stereocenters. The fraction of sp³-hybridized carbons (Fsp3) is 0.125. The Morgan fingerprint density at radius 3 is 2.95 bits per heavy atom. The molecule has 1 aromatic carbocycles. The molecule has 0 aliphatic heterocycles. The van der Waals surface area contributed by atoms with Gasteiger partial charge in [0.2, 0.25) is 0 Å². The van der Waals surface area contributed by atoms with Gasteiger partial charge in [-0.1, -0.05) is 11.6 Å². The fourth-order valence-electron chi connectivity index (χ4n) is 2.28. The third-order valence-corrected chi connectivity index (χ3v) is 3.49. The molecule has 1 amide bonds. The second-order valence-electron chi connectivity index (χ2n) is 4.83. The monoisotopic (exact) mass is 315 g/mol. The minimum absolute atomic E-state index is 0.267. The number of anilines is 1. The number of hydrogen-bond acceptors (Lipinski definition) is 3. The molecule has 1 N–H and O–H groups in total. The van der Waals surface area contributed by atoms with Gasteiger partial charge >= 0.3 is 0 Å². The molecule has 2 heterocycles. The van der Waals surface area contributed by atoms with Crippen LogP contribution in [0.1, 0.15) is 16.1 Å². The van der Waals surface area contributed by atoms with Crippen molar-refractivity contribution in [2.24, 2.45) is 0 Å². The Bertz CT molecular complexity index is 858. The van der Waals surface area contributed by atoms with E-state index in [-0.39, 0.29) is 5.91 Å². The maximum Gasteiger partial charge on any atom is 0.259 e. The quantitative estimate of drug-likeness (QED) is 0.804. The molecule has 0 radical (unpaired) electrons. The molecule has 22 heavy (non-hydrogen) atoms. The van der Waals surface area contributed by atoms with Crippen LogP contribution in [0, 0.1) is 6.92 Å². The van der Waals surface area contributed by atoms with Gasteiger partial charge in [0.25, 0.3) is 5.91 Å². The number of fused-ring (bicyclic) bond motifs is 1. The highest BCUT2D eigenvalue weighted by molar-refractivity contribution is 6.31. The Balaban J connectivity index is 1.99. The van der Waals surface area contributed by atoms with Crippen LogP contribution in [0.3, 0.4) is 0 Å². The van der Waals surface area contributed by atoms with Crippen LogP contribution >= 0.6 is 11.6 Å². The van der Waals surface area contributed by atoms with E-state index >= 15 is 0 Å². The van der Waals surface area contributed by atoms with Crippen molar-refractivity contribution in [2.75, 3.05) is 12.4 Å². The molecule has 0 spiro atoms. The molecule has 0 saturated heterocycles. The Labute approximate surface area is 132 Å². The summed E-state index contributed by atoms with van der Waals surface area (Å²) in [4.78, 5) is 16.9. The largest absolute Gasteiger partial charge is 0.495 e. The predicted octanol–water partition coefficient (Wildman–Crippen LogP) is 3.56. The molecule has 0 unspecified atom stereocenters. The zero-order valence-corrected chi connectivity index (χ0v) is 12.9. The number of hydrogen-bond donors (Lipinski definition) is 1. The number of aryl methyl sites for hydroxylation is 1. The number of ether oxygens (including phenoxy) is 1. The summed E-state index contributed by atoms with van der Waals surface area (Å²) in [5, 5.41) is 3.34. The van der Waals surface area contributed by atoms with Crippen LogP contribution in [0.4, 0.5) is 5.69 Å². The van der Waals surface area contributed by atoms with Gasteiger partial charge in [-0.15, -0.1) is 0 Å². The van der Waals surface area contributed by atoms with Crippen molar-refractivity contribution in [3.05, 3.63) is 59.0 Å². The van der Waals surface area contributed by atoms with Gasteiger partial charge in [-0.05, 0) is 37.3 Å². The van der Waals surface area contributed by atoms with Gasteiger partial charge < -0.3 is 14.5 Å². The third-order valence-electron chi connectivity index (χ3n) is 3.26. The first-order chi connectivity index (χ1) is 10.6. The molecule has 3 rings (SSSR count). The molecular weight excluding hydrogens is 302 g/mol. The number of methoxy groups -OCH3 is 1. The zero-order valence-electron chi connectivity index (χ0n) is 12.1. The summed E-state index contributed by atoms with van der Waals surface area (Å²) >= 11 is 5.98.